The number of benzene rings is 1. The van der Waals surface area contributed by atoms with Gasteiger partial charge in [0.2, 0.25) is 5.88 Å². The number of nitriles is 1. The summed E-state index contributed by atoms with van der Waals surface area (Å²) in [5.74, 6) is 0.851. The van der Waals surface area contributed by atoms with Crippen molar-refractivity contribution >= 4 is 22.5 Å². The lowest BCUT2D eigenvalue weighted by atomic mass is 9.96. The van der Waals surface area contributed by atoms with Gasteiger partial charge in [-0.25, -0.2) is 4.98 Å². The predicted octanol–water partition coefficient (Wildman–Crippen LogP) is 3.59. The summed E-state index contributed by atoms with van der Waals surface area (Å²) in [5, 5.41) is 10.5. The Hall–Kier alpha value is -2.91. The molecule has 0 aliphatic carbocycles. The molecule has 7 heteroatoms. The molecule has 0 amide bonds. The van der Waals surface area contributed by atoms with E-state index in [-0.39, 0.29) is 17.4 Å². The molecule has 3 aromatic rings. The van der Waals surface area contributed by atoms with Crippen molar-refractivity contribution in [1.29, 1.82) is 5.26 Å². The van der Waals surface area contributed by atoms with Crippen molar-refractivity contribution in [3.63, 3.8) is 0 Å². The third-order valence-corrected chi connectivity index (χ3v) is 4.52. The number of hydrogen-bond donors (Lipinski definition) is 1. The topological polar surface area (TPSA) is 91.7 Å². The molecule has 0 fully saturated rings. The van der Waals surface area contributed by atoms with Crippen molar-refractivity contribution < 1.29 is 4.74 Å². The van der Waals surface area contributed by atoms with Gasteiger partial charge in [-0.05, 0) is 42.0 Å². The van der Waals surface area contributed by atoms with Crippen LogP contribution in [0.25, 0.3) is 10.9 Å². The zero-order valence-electron chi connectivity index (χ0n) is 14.4. The lowest BCUT2D eigenvalue weighted by molar-refractivity contribution is 0.392. The quantitative estimate of drug-likeness (QED) is 0.743. The maximum atomic E-state index is 12.4. The highest BCUT2D eigenvalue weighted by atomic mass is 35.5. The van der Waals surface area contributed by atoms with E-state index in [2.05, 4.69) is 15.0 Å². The first-order valence-corrected chi connectivity index (χ1v) is 8.52. The first-order chi connectivity index (χ1) is 12.5. The summed E-state index contributed by atoms with van der Waals surface area (Å²) in [7, 11) is 1.47. The molecule has 26 heavy (non-hydrogen) atoms. The average molecular weight is 369 g/mol. The van der Waals surface area contributed by atoms with Gasteiger partial charge in [0.05, 0.1) is 13.3 Å². The third kappa shape index (κ3) is 3.68. The van der Waals surface area contributed by atoms with Gasteiger partial charge in [-0.3, -0.25) is 4.79 Å². The highest BCUT2D eigenvalue weighted by Crippen LogP contribution is 2.23. The van der Waals surface area contributed by atoms with Gasteiger partial charge in [-0.1, -0.05) is 18.5 Å². The fourth-order valence-electron chi connectivity index (χ4n) is 2.81. The van der Waals surface area contributed by atoms with E-state index in [1.165, 1.54) is 13.3 Å². The van der Waals surface area contributed by atoms with Crippen molar-refractivity contribution in [3.05, 3.63) is 62.8 Å². The number of fused-ring (bicyclic) bond motifs is 1. The number of rotatable bonds is 5. The predicted molar refractivity (Wildman–Crippen MR) is 99.6 cm³/mol. The largest absolute Gasteiger partial charge is 0.480 e. The van der Waals surface area contributed by atoms with Crippen LogP contribution in [0.4, 0.5) is 0 Å². The molecule has 0 saturated carbocycles. The van der Waals surface area contributed by atoms with Crippen LogP contribution in [0.1, 0.15) is 36.2 Å². The van der Waals surface area contributed by atoms with Gasteiger partial charge in [0.25, 0.3) is 5.56 Å². The lowest BCUT2D eigenvalue weighted by Crippen LogP contribution is -2.15. The van der Waals surface area contributed by atoms with Crippen LogP contribution in [0, 0.1) is 11.3 Å². The zero-order valence-corrected chi connectivity index (χ0v) is 15.2. The summed E-state index contributed by atoms with van der Waals surface area (Å²) in [4.78, 5) is 23.7. The summed E-state index contributed by atoms with van der Waals surface area (Å²) < 4.78 is 5.11. The van der Waals surface area contributed by atoms with E-state index < -0.39 is 0 Å². The number of ether oxygens (including phenoxy) is 1. The molecule has 0 bridgehead atoms. The standard InChI is InChI=1S/C19H17ClN4O2/c1-11(3-6-17-22-10-13(9-21)19(24-17)26-2)15-8-12-7-14(20)4-5-16(12)23-18(15)25/h4-5,7-8,10-11H,3,6H2,1-2H3,(H,23,25)/t11-/m1/s1. The normalized spacial score (nSPS) is 11.9. The lowest BCUT2D eigenvalue weighted by Gasteiger charge is -2.12. The Morgan fingerprint density at radius 3 is 2.92 bits per heavy atom. The summed E-state index contributed by atoms with van der Waals surface area (Å²) in [5.41, 5.74) is 1.65. The number of nitrogens with zero attached hydrogens (tertiary/aromatic N) is 3. The highest BCUT2D eigenvalue weighted by Gasteiger charge is 2.14. The van der Waals surface area contributed by atoms with E-state index in [4.69, 9.17) is 21.6 Å². The van der Waals surface area contributed by atoms with Crippen molar-refractivity contribution in [2.45, 2.75) is 25.7 Å². The van der Waals surface area contributed by atoms with E-state index in [0.717, 1.165) is 10.9 Å². The van der Waals surface area contributed by atoms with Gasteiger partial charge >= 0.3 is 0 Å². The van der Waals surface area contributed by atoms with Crippen LogP contribution in [0.15, 0.2) is 35.3 Å². The molecule has 2 heterocycles. The Labute approximate surface area is 155 Å². The maximum Gasteiger partial charge on any atom is 0.251 e. The van der Waals surface area contributed by atoms with Crippen molar-refractivity contribution in [1.82, 2.24) is 15.0 Å². The molecule has 1 atom stereocenters. The second-order valence-corrected chi connectivity index (χ2v) is 6.48. The van der Waals surface area contributed by atoms with Crippen molar-refractivity contribution in [2.75, 3.05) is 7.11 Å². The number of pyridine rings is 1. The number of methoxy groups -OCH3 is 1. The molecule has 6 nitrogen and oxygen atoms in total. The molecule has 0 aliphatic heterocycles. The van der Waals surface area contributed by atoms with E-state index in [1.807, 2.05) is 25.1 Å². The Balaban J connectivity index is 1.81. The van der Waals surface area contributed by atoms with Crippen LogP contribution in [0.3, 0.4) is 0 Å². The first-order valence-electron chi connectivity index (χ1n) is 8.14. The van der Waals surface area contributed by atoms with Crippen LogP contribution in [0.5, 0.6) is 5.88 Å². The second-order valence-electron chi connectivity index (χ2n) is 6.05. The number of halogens is 1. The van der Waals surface area contributed by atoms with Crippen LogP contribution in [-0.4, -0.2) is 22.1 Å². The minimum absolute atomic E-state index is 0.00682. The Kier molecular flexibility index (Phi) is 5.19. The molecule has 0 radical (unpaired) electrons. The van der Waals surface area contributed by atoms with Crippen LogP contribution in [0.2, 0.25) is 5.02 Å². The molecule has 0 saturated heterocycles. The van der Waals surface area contributed by atoms with Gasteiger partial charge in [0.1, 0.15) is 17.5 Å². The third-order valence-electron chi connectivity index (χ3n) is 4.28. The van der Waals surface area contributed by atoms with E-state index in [9.17, 15) is 4.79 Å². The fourth-order valence-corrected chi connectivity index (χ4v) is 3.00. The monoisotopic (exact) mass is 368 g/mol. The molecule has 0 aliphatic rings. The van der Waals surface area contributed by atoms with Gasteiger partial charge in [-0.2, -0.15) is 10.2 Å². The van der Waals surface area contributed by atoms with Gasteiger partial charge < -0.3 is 9.72 Å². The number of hydrogen-bond acceptors (Lipinski definition) is 5. The Bertz CT molecular complexity index is 1060. The summed E-state index contributed by atoms with van der Waals surface area (Å²) in [6.07, 6.45) is 2.71. The van der Waals surface area contributed by atoms with Gasteiger partial charge in [-0.15, -0.1) is 0 Å². The first kappa shape index (κ1) is 17.9. The SMILES string of the molecule is COc1nc(CC[C@@H](C)c2cc3cc(Cl)ccc3[nH]c2=O)ncc1C#N. The zero-order chi connectivity index (χ0) is 18.7. The number of H-pyrrole nitrogens is 1. The number of aryl methyl sites for hydroxylation is 1. The molecule has 1 N–H and O–H groups in total. The van der Waals surface area contributed by atoms with Crippen molar-refractivity contribution in [3.8, 4) is 11.9 Å². The number of aromatic amines is 1. The Morgan fingerprint density at radius 1 is 1.38 bits per heavy atom. The second kappa shape index (κ2) is 7.54. The average Bonchev–Trinajstić information content (AvgIpc) is 2.65. The van der Waals surface area contributed by atoms with Crippen LogP contribution >= 0.6 is 11.6 Å². The molecule has 132 valence electrons. The Morgan fingerprint density at radius 2 is 2.19 bits per heavy atom. The number of aromatic nitrogens is 3. The van der Waals surface area contributed by atoms with Gasteiger partial charge in [0.15, 0.2) is 0 Å². The molecule has 3 rings (SSSR count). The molecule has 1 aromatic carbocycles. The summed E-state index contributed by atoms with van der Waals surface area (Å²) in [6, 6.07) is 9.24. The smallest absolute Gasteiger partial charge is 0.251 e. The summed E-state index contributed by atoms with van der Waals surface area (Å²) >= 11 is 6.04. The molecular weight excluding hydrogens is 352 g/mol. The minimum atomic E-state index is -0.106. The van der Waals surface area contributed by atoms with E-state index in [0.29, 0.717) is 34.8 Å². The van der Waals surface area contributed by atoms with Crippen LogP contribution in [-0.2, 0) is 6.42 Å². The number of nitrogens with one attached hydrogen (secondary N) is 1. The maximum absolute atomic E-state index is 12.4. The summed E-state index contributed by atoms with van der Waals surface area (Å²) in [6.45, 7) is 1.99. The fraction of sp³-hybridized carbons (Fsp3) is 0.263. The van der Waals surface area contributed by atoms with Crippen LogP contribution < -0.4 is 10.3 Å². The highest BCUT2D eigenvalue weighted by molar-refractivity contribution is 6.31. The molecular formula is C19H17ClN4O2. The van der Waals surface area contributed by atoms with E-state index >= 15 is 0 Å². The van der Waals surface area contributed by atoms with Crippen molar-refractivity contribution in [2.24, 2.45) is 0 Å². The van der Waals surface area contributed by atoms with Gasteiger partial charge in [0, 0.05) is 22.5 Å². The molecule has 0 unspecified atom stereocenters. The van der Waals surface area contributed by atoms with E-state index in [1.54, 1.807) is 12.1 Å². The minimum Gasteiger partial charge on any atom is -0.480 e. The molecule has 0 spiro atoms. The molecule has 2 aromatic heterocycles.